The van der Waals surface area contributed by atoms with E-state index in [1.165, 1.54) is 6.07 Å². The van der Waals surface area contributed by atoms with Gasteiger partial charge in [-0.3, -0.25) is 0 Å². The zero-order valence-corrected chi connectivity index (χ0v) is 19.0. The monoisotopic (exact) mass is 436 g/mol. The Labute approximate surface area is 188 Å². The minimum Gasteiger partial charge on any atom is -0.497 e. The summed E-state index contributed by atoms with van der Waals surface area (Å²) in [5, 5.41) is 0. The number of ether oxygens (including phenoxy) is 2. The van der Waals surface area contributed by atoms with Crippen LogP contribution in [0.15, 0.2) is 54.6 Å². The summed E-state index contributed by atoms with van der Waals surface area (Å²) >= 11 is 0. The number of benzene rings is 2. The predicted molar refractivity (Wildman–Crippen MR) is 128 cm³/mol. The van der Waals surface area contributed by atoms with Crippen LogP contribution >= 0.6 is 0 Å². The van der Waals surface area contributed by atoms with Crippen LogP contribution in [-0.2, 0) is 0 Å². The van der Waals surface area contributed by atoms with Gasteiger partial charge in [0.05, 0.1) is 31.3 Å². The molecule has 0 bridgehead atoms. The molecular weight excluding hydrogens is 407 g/mol. The summed E-state index contributed by atoms with van der Waals surface area (Å²) in [6, 6.07) is 17.3. The van der Waals surface area contributed by atoms with Crippen LogP contribution in [0.1, 0.15) is 0 Å². The maximum absolute atomic E-state index is 14.5. The average Bonchev–Trinajstić information content (AvgIpc) is 2.83. The Balaban J connectivity index is 1.57. The minimum absolute atomic E-state index is 0.259. The molecule has 0 amide bonds. The van der Waals surface area contributed by atoms with Crippen molar-refractivity contribution in [3.63, 3.8) is 0 Å². The third-order valence-electron chi connectivity index (χ3n) is 5.83. The molecule has 0 spiro atoms. The van der Waals surface area contributed by atoms with Gasteiger partial charge < -0.3 is 24.2 Å². The van der Waals surface area contributed by atoms with E-state index in [0.717, 1.165) is 35.7 Å². The molecule has 1 fully saturated rings. The van der Waals surface area contributed by atoms with Gasteiger partial charge in [-0.05, 0) is 30.3 Å². The summed E-state index contributed by atoms with van der Waals surface area (Å²) in [6.07, 6.45) is 0. The second-order valence-electron chi connectivity index (χ2n) is 7.95. The number of rotatable bonds is 6. The number of halogens is 1. The maximum Gasteiger partial charge on any atom is 0.213 e. The van der Waals surface area contributed by atoms with E-state index in [-0.39, 0.29) is 5.82 Å². The van der Waals surface area contributed by atoms with Crippen molar-refractivity contribution in [1.82, 2.24) is 4.98 Å². The fourth-order valence-electron chi connectivity index (χ4n) is 3.99. The molecule has 0 saturated carbocycles. The molecule has 7 heteroatoms. The number of methoxy groups -OCH3 is 2. The fourth-order valence-corrected chi connectivity index (χ4v) is 3.99. The number of hydrogen-bond acceptors (Lipinski definition) is 6. The van der Waals surface area contributed by atoms with Gasteiger partial charge in [0.15, 0.2) is 0 Å². The topological polar surface area (TPSA) is 41.1 Å². The molecule has 0 N–H and O–H groups in total. The number of hydrogen-bond donors (Lipinski definition) is 0. The molecule has 1 aliphatic rings. The van der Waals surface area contributed by atoms with Crippen molar-refractivity contribution < 1.29 is 13.9 Å². The number of nitrogens with zero attached hydrogens (tertiary/aromatic N) is 4. The van der Waals surface area contributed by atoms with E-state index >= 15 is 0 Å². The third-order valence-corrected chi connectivity index (χ3v) is 5.83. The van der Waals surface area contributed by atoms with Crippen LogP contribution in [0.4, 0.5) is 21.5 Å². The SMILES string of the molecule is COc1ccc(N2CCN(c3ccc(OC)nc3-c3ccc(N(C)C)cc3)CC2)c(F)c1. The van der Waals surface area contributed by atoms with E-state index in [1.807, 2.05) is 20.2 Å². The van der Waals surface area contributed by atoms with E-state index in [0.29, 0.717) is 30.4 Å². The highest BCUT2D eigenvalue weighted by molar-refractivity contribution is 5.77. The third kappa shape index (κ3) is 4.42. The first-order chi connectivity index (χ1) is 15.5. The van der Waals surface area contributed by atoms with E-state index in [4.69, 9.17) is 14.5 Å². The zero-order valence-electron chi connectivity index (χ0n) is 19.0. The number of anilines is 3. The maximum atomic E-state index is 14.5. The lowest BCUT2D eigenvalue weighted by Gasteiger charge is -2.38. The molecule has 0 radical (unpaired) electrons. The summed E-state index contributed by atoms with van der Waals surface area (Å²) in [6.45, 7) is 2.97. The van der Waals surface area contributed by atoms with Gasteiger partial charge in [-0.25, -0.2) is 9.37 Å². The van der Waals surface area contributed by atoms with Gasteiger partial charge in [0, 0.05) is 63.7 Å². The Hall–Kier alpha value is -3.48. The van der Waals surface area contributed by atoms with Crippen LogP contribution in [0.2, 0.25) is 0 Å². The highest BCUT2D eigenvalue weighted by atomic mass is 19.1. The van der Waals surface area contributed by atoms with Gasteiger partial charge in [-0.1, -0.05) is 12.1 Å². The van der Waals surface area contributed by atoms with Crippen molar-refractivity contribution in [3.8, 4) is 22.9 Å². The highest BCUT2D eigenvalue weighted by Gasteiger charge is 2.23. The molecule has 2 heterocycles. The van der Waals surface area contributed by atoms with Crippen LogP contribution in [0.5, 0.6) is 11.6 Å². The molecule has 0 unspecified atom stereocenters. The Bertz CT molecular complexity index is 1060. The Morgan fingerprint density at radius 2 is 1.44 bits per heavy atom. The quantitative estimate of drug-likeness (QED) is 0.574. The molecule has 6 nitrogen and oxygen atoms in total. The first-order valence-corrected chi connectivity index (χ1v) is 10.7. The van der Waals surface area contributed by atoms with Crippen LogP contribution in [0, 0.1) is 5.82 Å². The van der Waals surface area contributed by atoms with Gasteiger partial charge in [-0.15, -0.1) is 0 Å². The molecule has 4 rings (SSSR count). The predicted octanol–water partition coefficient (Wildman–Crippen LogP) is 4.30. The second kappa shape index (κ2) is 9.34. The number of aromatic nitrogens is 1. The molecule has 168 valence electrons. The van der Waals surface area contributed by atoms with E-state index in [9.17, 15) is 4.39 Å². The van der Waals surface area contributed by atoms with Crippen molar-refractivity contribution in [3.05, 3.63) is 60.4 Å². The molecule has 32 heavy (non-hydrogen) atoms. The lowest BCUT2D eigenvalue weighted by molar-refractivity contribution is 0.398. The lowest BCUT2D eigenvalue weighted by Crippen LogP contribution is -2.47. The first kappa shape index (κ1) is 21.7. The van der Waals surface area contributed by atoms with Crippen LogP contribution in [0.3, 0.4) is 0 Å². The van der Waals surface area contributed by atoms with E-state index < -0.39 is 0 Å². The Morgan fingerprint density at radius 1 is 0.812 bits per heavy atom. The number of piperazine rings is 1. The molecule has 0 atom stereocenters. The molecular formula is C25H29FN4O2. The van der Waals surface area contributed by atoms with Crippen LogP contribution in [-0.4, -0.2) is 59.5 Å². The largest absolute Gasteiger partial charge is 0.497 e. The Kier molecular flexibility index (Phi) is 6.35. The molecule has 1 saturated heterocycles. The minimum atomic E-state index is -0.259. The summed E-state index contributed by atoms with van der Waals surface area (Å²) in [4.78, 5) is 11.2. The molecule has 0 aliphatic carbocycles. The smallest absolute Gasteiger partial charge is 0.213 e. The van der Waals surface area contributed by atoms with Crippen molar-refractivity contribution in [2.24, 2.45) is 0 Å². The summed E-state index contributed by atoms with van der Waals surface area (Å²) in [5.41, 5.74) is 4.72. The lowest BCUT2D eigenvalue weighted by atomic mass is 10.1. The summed E-state index contributed by atoms with van der Waals surface area (Å²) < 4.78 is 25.0. The molecule has 1 aliphatic heterocycles. The van der Waals surface area contributed by atoms with Crippen molar-refractivity contribution in [2.45, 2.75) is 0 Å². The molecule has 2 aromatic carbocycles. The van der Waals surface area contributed by atoms with Crippen LogP contribution < -0.4 is 24.2 Å². The number of pyridine rings is 1. The standard InChI is InChI=1S/C25H29FN4O2/c1-28(2)19-7-5-18(6-8-19)25-23(11-12-24(27-25)32-4)30-15-13-29(14-16-30)22-10-9-20(31-3)17-21(22)26/h5-12,17H,13-16H2,1-4H3. The Morgan fingerprint density at radius 3 is 2.00 bits per heavy atom. The normalized spacial score (nSPS) is 13.8. The summed E-state index contributed by atoms with van der Waals surface area (Å²) in [5.74, 6) is 0.851. The van der Waals surface area contributed by atoms with E-state index in [2.05, 4.69) is 45.0 Å². The van der Waals surface area contributed by atoms with Crippen molar-refractivity contribution in [1.29, 1.82) is 0 Å². The molecule has 1 aromatic heterocycles. The highest BCUT2D eigenvalue weighted by Crippen LogP contribution is 2.34. The van der Waals surface area contributed by atoms with Crippen molar-refractivity contribution >= 4 is 17.1 Å². The van der Waals surface area contributed by atoms with Gasteiger partial charge in [0.2, 0.25) is 5.88 Å². The van der Waals surface area contributed by atoms with Gasteiger partial charge in [0.1, 0.15) is 11.6 Å². The second-order valence-corrected chi connectivity index (χ2v) is 7.95. The fraction of sp³-hybridized carbons (Fsp3) is 0.320. The zero-order chi connectivity index (χ0) is 22.7. The molecule has 3 aromatic rings. The van der Waals surface area contributed by atoms with Crippen molar-refractivity contribution in [2.75, 3.05) is 69.2 Å². The van der Waals surface area contributed by atoms with Gasteiger partial charge in [-0.2, -0.15) is 0 Å². The van der Waals surface area contributed by atoms with Gasteiger partial charge >= 0.3 is 0 Å². The van der Waals surface area contributed by atoms with Gasteiger partial charge in [0.25, 0.3) is 0 Å². The first-order valence-electron chi connectivity index (χ1n) is 10.7. The average molecular weight is 437 g/mol. The van der Waals surface area contributed by atoms with E-state index in [1.54, 1.807) is 26.4 Å². The summed E-state index contributed by atoms with van der Waals surface area (Å²) in [7, 11) is 7.22. The van der Waals surface area contributed by atoms with Crippen LogP contribution in [0.25, 0.3) is 11.3 Å².